The largest absolute Gasteiger partial charge is 0.457 e. The van der Waals surface area contributed by atoms with Gasteiger partial charge < -0.3 is 10.5 Å². The first-order chi connectivity index (χ1) is 9.40. The van der Waals surface area contributed by atoms with Crippen LogP contribution in [0.25, 0.3) is 0 Å². The maximum absolute atomic E-state index is 12.7. The van der Waals surface area contributed by atoms with Crippen molar-refractivity contribution in [1.29, 1.82) is 0 Å². The van der Waals surface area contributed by atoms with E-state index in [4.69, 9.17) is 10.5 Å². The van der Waals surface area contributed by atoms with Gasteiger partial charge in [-0.2, -0.15) is 13.2 Å². The molecule has 0 spiro atoms. The number of halogens is 4. The quantitative estimate of drug-likeness (QED) is 0.873. The molecule has 0 unspecified atom stereocenters. The van der Waals surface area contributed by atoms with Crippen molar-refractivity contribution in [3.05, 3.63) is 58.1 Å². The predicted molar refractivity (Wildman–Crippen MR) is 73.6 cm³/mol. The van der Waals surface area contributed by atoms with Crippen LogP contribution in [0.2, 0.25) is 0 Å². The fraction of sp³-hybridized carbons (Fsp3) is 0.143. The second-order valence-corrected chi connectivity index (χ2v) is 4.99. The van der Waals surface area contributed by atoms with Crippen LogP contribution in [0.4, 0.5) is 13.2 Å². The zero-order valence-electron chi connectivity index (χ0n) is 10.2. The summed E-state index contributed by atoms with van der Waals surface area (Å²) in [6.07, 6.45) is -4.41. The van der Waals surface area contributed by atoms with E-state index >= 15 is 0 Å². The predicted octanol–water partition coefficient (Wildman–Crippen LogP) is 4.72. The Morgan fingerprint density at radius 3 is 2.15 bits per heavy atom. The van der Waals surface area contributed by atoms with Crippen molar-refractivity contribution in [1.82, 2.24) is 0 Å². The Morgan fingerprint density at radius 1 is 1.00 bits per heavy atom. The Hall–Kier alpha value is -1.53. The molecular weight excluding hydrogens is 335 g/mol. The van der Waals surface area contributed by atoms with E-state index in [0.29, 0.717) is 11.5 Å². The first-order valence-corrected chi connectivity index (χ1v) is 6.53. The minimum atomic E-state index is -4.41. The van der Waals surface area contributed by atoms with Gasteiger partial charge in [0.15, 0.2) is 0 Å². The van der Waals surface area contributed by atoms with Crippen molar-refractivity contribution in [3.63, 3.8) is 0 Å². The SMILES string of the molecule is NCc1cc(Oc2ccc(Br)cc2)ccc1C(F)(F)F. The Kier molecular flexibility index (Phi) is 4.35. The smallest absolute Gasteiger partial charge is 0.416 e. The minimum absolute atomic E-state index is 0.00658. The molecular formula is C14H11BrF3NO. The lowest BCUT2D eigenvalue weighted by molar-refractivity contribution is -0.138. The lowest BCUT2D eigenvalue weighted by Gasteiger charge is -2.13. The van der Waals surface area contributed by atoms with Gasteiger partial charge in [-0.15, -0.1) is 0 Å². The Bertz CT molecular complexity index is 596. The molecule has 0 fully saturated rings. The molecule has 0 aliphatic heterocycles. The third-order valence-corrected chi connectivity index (χ3v) is 3.18. The molecule has 0 atom stereocenters. The highest BCUT2D eigenvalue weighted by Gasteiger charge is 2.33. The molecule has 6 heteroatoms. The summed E-state index contributed by atoms with van der Waals surface area (Å²) in [6, 6.07) is 10.6. The molecule has 2 N–H and O–H groups in total. The number of rotatable bonds is 3. The number of hydrogen-bond donors (Lipinski definition) is 1. The minimum Gasteiger partial charge on any atom is -0.457 e. The highest BCUT2D eigenvalue weighted by molar-refractivity contribution is 9.10. The second kappa shape index (κ2) is 5.85. The average molecular weight is 346 g/mol. The van der Waals surface area contributed by atoms with Gasteiger partial charge >= 0.3 is 6.18 Å². The summed E-state index contributed by atoms with van der Waals surface area (Å²) >= 11 is 3.29. The topological polar surface area (TPSA) is 35.2 Å². The normalized spacial score (nSPS) is 11.4. The van der Waals surface area contributed by atoms with E-state index in [2.05, 4.69) is 15.9 Å². The molecule has 0 bridgehead atoms. The van der Waals surface area contributed by atoms with Crippen LogP contribution in [-0.4, -0.2) is 0 Å². The second-order valence-electron chi connectivity index (χ2n) is 4.08. The van der Waals surface area contributed by atoms with Gasteiger partial charge in [0.2, 0.25) is 0 Å². The van der Waals surface area contributed by atoms with E-state index in [0.717, 1.165) is 10.5 Å². The van der Waals surface area contributed by atoms with E-state index < -0.39 is 11.7 Å². The fourth-order valence-electron chi connectivity index (χ4n) is 1.72. The highest BCUT2D eigenvalue weighted by atomic mass is 79.9. The van der Waals surface area contributed by atoms with Crippen LogP contribution in [0.15, 0.2) is 46.9 Å². The van der Waals surface area contributed by atoms with Gasteiger partial charge in [0, 0.05) is 11.0 Å². The number of ether oxygens (including phenoxy) is 1. The van der Waals surface area contributed by atoms with Crippen LogP contribution >= 0.6 is 15.9 Å². The van der Waals surface area contributed by atoms with Crippen molar-refractivity contribution < 1.29 is 17.9 Å². The van der Waals surface area contributed by atoms with Gasteiger partial charge in [0.05, 0.1) is 5.56 Å². The first-order valence-electron chi connectivity index (χ1n) is 5.74. The summed E-state index contributed by atoms with van der Waals surface area (Å²) in [5.41, 5.74) is 4.64. The van der Waals surface area contributed by atoms with Crippen LogP contribution in [0.1, 0.15) is 11.1 Å². The number of alkyl halides is 3. The van der Waals surface area contributed by atoms with Crippen LogP contribution in [0, 0.1) is 0 Å². The van der Waals surface area contributed by atoms with Gasteiger partial charge in [-0.1, -0.05) is 15.9 Å². The molecule has 2 rings (SSSR count). The molecule has 0 aromatic heterocycles. The first kappa shape index (κ1) is 14.9. The number of benzene rings is 2. The third kappa shape index (κ3) is 3.52. The lowest BCUT2D eigenvalue weighted by Crippen LogP contribution is -2.11. The summed E-state index contributed by atoms with van der Waals surface area (Å²) < 4.78 is 44.6. The van der Waals surface area contributed by atoms with Crippen molar-refractivity contribution >= 4 is 15.9 Å². The van der Waals surface area contributed by atoms with Crippen LogP contribution in [0.5, 0.6) is 11.5 Å². The van der Waals surface area contributed by atoms with Crippen molar-refractivity contribution in [3.8, 4) is 11.5 Å². The van der Waals surface area contributed by atoms with Crippen molar-refractivity contribution in [2.45, 2.75) is 12.7 Å². The molecule has 0 radical (unpaired) electrons. The van der Waals surface area contributed by atoms with E-state index in [1.54, 1.807) is 24.3 Å². The molecule has 0 saturated heterocycles. The van der Waals surface area contributed by atoms with Gasteiger partial charge in [0.25, 0.3) is 0 Å². The van der Waals surface area contributed by atoms with Crippen molar-refractivity contribution in [2.75, 3.05) is 0 Å². The third-order valence-electron chi connectivity index (χ3n) is 2.65. The van der Waals surface area contributed by atoms with E-state index in [9.17, 15) is 13.2 Å². The molecule has 0 amide bonds. The maximum atomic E-state index is 12.7. The van der Waals surface area contributed by atoms with Crippen LogP contribution in [0.3, 0.4) is 0 Å². The Balaban J connectivity index is 2.28. The zero-order valence-corrected chi connectivity index (χ0v) is 11.8. The molecule has 0 aliphatic carbocycles. The molecule has 0 aliphatic rings. The summed E-state index contributed by atoms with van der Waals surface area (Å²) in [4.78, 5) is 0. The maximum Gasteiger partial charge on any atom is 0.416 e. The molecule has 20 heavy (non-hydrogen) atoms. The molecule has 106 valence electrons. The summed E-state index contributed by atoms with van der Waals surface area (Å²) in [7, 11) is 0. The van der Waals surface area contributed by atoms with E-state index in [1.807, 2.05) is 0 Å². The van der Waals surface area contributed by atoms with Crippen LogP contribution in [-0.2, 0) is 12.7 Å². The molecule has 2 aromatic rings. The lowest BCUT2D eigenvalue weighted by atomic mass is 10.1. The Morgan fingerprint density at radius 2 is 1.60 bits per heavy atom. The summed E-state index contributed by atoms with van der Waals surface area (Å²) in [6.45, 7) is -0.202. The molecule has 0 saturated carbocycles. The standard InChI is InChI=1S/C14H11BrF3NO/c15-10-1-3-11(4-2-10)20-12-5-6-13(14(16,17)18)9(7-12)8-19/h1-7H,8,19H2. The molecule has 2 aromatic carbocycles. The van der Waals surface area contributed by atoms with E-state index in [-0.39, 0.29) is 12.1 Å². The van der Waals surface area contributed by atoms with Crippen LogP contribution < -0.4 is 10.5 Å². The van der Waals surface area contributed by atoms with Gasteiger partial charge in [-0.05, 0) is 48.0 Å². The Labute approximate surface area is 122 Å². The number of hydrogen-bond acceptors (Lipinski definition) is 2. The molecule has 2 nitrogen and oxygen atoms in total. The highest BCUT2D eigenvalue weighted by Crippen LogP contribution is 2.34. The zero-order chi connectivity index (χ0) is 14.8. The number of nitrogens with two attached hydrogens (primary N) is 1. The van der Waals surface area contributed by atoms with Gasteiger partial charge in [-0.3, -0.25) is 0 Å². The molecule has 0 heterocycles. The monoisotopic (exact) mass is 345 g/mol. The van der Waals surface area contributed by atoms with E-state index in [1.165, 1.54) is 12.1 Å². The summed E-state index contributed by atoms with van der Waals surface area (Å²) in [5.74, 6) is 0.858. The summed E-state index contributed by atoms with van der Waals surface area (Å²) in [5, 5.41) is 0. The average Bonchev–Trinajstić information content (AvgIpc) is 2.40. The van der Waals surface area contributed by atoms with Gasteiger partial charge in [0.1, 0.15) is 11.5 Å². The fourth-order valence-corrected chi connectivity index (χ4v) is 1.98. The van der Waals surface area contributed by atoms with Crippen molar-refractivity contribution in [2.24, 2.45) is 5.73 Å². The van der Waals surface area contributed by atoms with Gasteiger partial charge in [-0.25, -0.2) is 0 Å².